The number of nitrogens with zero attached hydrogens (tertiary/aromatic N) is 4. The lowest BCUT2D eigenvalue weighted by atomic mass is 10.2. The second-order valence-corrected chi connectivity index (χ2v) is 6.69. The summed E-state index contributed by atoms with van der Waals surface area (Å²) in [5.74, 6) is -2.30. The predicted octanol–water partition coefficient (Wildman–Crippen LogP) is 1.87. The Morgan fingerprint density at radius 3 is 2.58 bits per heavy atom. The number of carbonyl (C=O) groups excluding carboxylic acids is 1. The van der Waals surface area contributed by atoms with Crippen molar-refractivity contribution in [2.75, 3.05) is 5.32 Å². The minimum atomic E-state index is -0.921. The highest BCUT2D eigenvalue weighted by atomic mass is 19.1. The Bertz CT molecular complexity index is 1350. The zero-order valence-corrected chi connectivity index (χ0v) is 16.0. The Morgan fingerprint density at radius 2 is 1.84 bits per heavy atom. The number of nitrogens with one attached hydrogen (secondary N) is 1. The fraction of sp³-hybridized carbons (Fsp3) is 0.0952. The van der Waals surface area contributed by atoms with Gasteiger partial charge < -0.3 is 9.88 Å². The molecule has 3 heterocycles. The van der Waals surface area contributed by atoms with Crippen LogP contribution in [0.4, 0.5) is 14.5 Å². The van der Waals surface area contributed by atoms with Gasteiger partial charge in [0.2, 0.25) is 5.91 Å². The van der Waals surface area contributed by atoms with Crippen molar-refractivity contribution in [2.45, 2.75) is 13.1 Å². The third-order valence-corrected chi connectivity index (χ3v) is 4.56. The number of rotatable bonds is 5. The third-order valence-electron chi connectivity index (χ3n) is 4.56. The first kappa shape index (κ1) is 20.1. The summed E-state index contributed by atoms with van der Waals surface area (Å²) in [6.45, 7) is -0.309. The van der Waals surface area contributed by atoms with Gasteiger partial charge in [-0.2, -0.15) is 4.98 Å². The van der Waals surface area contributed by atoms with Gasteiger partial charge in [0.05, 0.1) is 17.8 Å². The molecule has 0 fully saturated rings. The van der Waals surface area contributed by atoms with Crippen LogP contribution in [0, 0.1) is 11.6 Å². The standard InChI is InChI=1S/C21H15F2N5O3/c22-14-3-4-17(16(23)10-14)25-18(29)12-27-9-1-2-15-19(27)26-21(31)28(20(15)30)11-13-5-7-24-8-6-13/h1-10H,11-12H2,(H,25,29). The summed E-state index contributed by atoms with van der Waals surface area (Å²) in [6, 6.07) is 9.17. The first-order valence-electron chi connectivity index (χ1n) is 9.16. The molecule has 0 spiro atoms. The highest BCUT2D eigenvalue weighted by Gasteiger charge is 2.19. The van der Waals surface area contributed by atoms with Crippen LogP contribution in [0.2, 0.25) is 0 Å². The van der Waals surface area contributed by atoms with E-state index < -0.39 is 28.8 Å². The number of halogens is 2. The molecule has 31 heavy (non-hydrogen) atoms. The molecule has 1 aromatic carbocycles. The van der Waals surface area contributed by atoms with Gasteiger partial charge in [-0.25, -0.2) is 13.6 Å². The first-order chi connectivity index (χ1) is 14.9. The van der Waals surface area contributed by atoms with Crippen molar-refractivity contribution >= 4 is 11.6 Å². The Labute approximate surface area is 173 Å². The second kappa shape index (κ2) is 8.27. The molecule has 1 aromatic heterocycles. The van der Waals surface area contributed by atoms with Crippen LogP contribution in [-0.2, 0) is 17.9 Å². The Hall–Kier alpha value is -4.21. The lowest BCUT2D eigenvalue weighted by Crippen LogP contribution is -2.38. The summed E-state index contributed by atoms with van der Waals surface area (Å²) in [6.07, 6.45) is 4.58. The van der Waals surface area contributed by atoms with Crippen molar-refractivity contribution in [3.05, 3.63) is 99.1 Å². The number of pyridine rings is 2. The van der Waals surface area contributed by atoms with Crippen LogP contribution >= 0.6 is 0 Å². The maximum Gasteiger partial charge on any atom is 0.352 e. The van der Waals surface area contributed by atoms with Crippen molar-refractivity contribution in [1.82, 2.24) is 19.1 Å². The van der Waals surface area contributed by atoms with Crippen LogP contribution in [0.1, 0.15) is 5.56 Å². The van der Waals surface area contributed by atoms with Crippen LogP contribution in [0.15, 0.2) is 70.6 Å². The molecular weight excluding hydrogens is 408 g/mol. The monoisotopic (exact) mass is 423 g/mol. The summed E-state index contributed by atoms with van der Waals surface area (Å²) in [7, 11) is 0. The smallest absolute Gasteiger partial charge is 0.323 e. The van der Waals surface area contributed by atoms with E-state index in [-0.39, 0.29) is 30.2 Å². The Morgan fingerprint density at radius 1 is 1.06 bits per heavy atom. The number of carbonyl (C=O) groups is 1. The maximum absolute atomic E-state index is 13.8. The fourth-order valence-electron chi connectivity index (χ4n) is 3.09. The van der Waals surface area contributed by atoms with Gasteiger partial charge in [0.15, 0.2) is 5.82 Å². The van der Waals surface area contributed by atoms with E-state index in [0.29, 0.717) is 11.6 Å². The summed E-state index contributed by atoms with van der Waals surface area (Å²) >= 11 is 0. The minimum Gasteiger partial charge on any atom is -0.323 e. The molecular formula is C21H15F2N5O3. The van der Waals surface area contributed by atoms with Crippen LogP contribution in [0.25, 0.3) is 11.4 Å². The van der Waals surface area contributed by atoms with E-state index in [1.807, 2.05) is 0 Å². The molecule has 2 aliphatic heterocycles. The molecule has 8 nitrogen and oxygen atoms in total. The molecule has 0 atom stereocenters. The van der Waals surface area contributed by atoms with Crippen molar-refractivity contribution < 1.29 is 13.6 Å². The van der Waals surface area contributed by atoms with E-state index in [4.69, 9.17) is 0 Å². The fourth-order valence-corrected chi connectivity index (χ4v) is 3.09. The average molecular weight is 423 g/mol. The van der Waals surface area contributed by atoms with Gasteiger partial charge in [-0.05, 0) is 42.0 Å². The Balaban J connectivity index is 1.64. The molecule has 2 aliphatic rings. The molecule has 1 N–H and O–H groups in total. The summed E-state index contributed by atoms with van der Waals surface area (Å²) < 4.78 is 29.1. The summed E-state index contributed by atoms with van der Waals surface area (Å²) in [5, 5.41) is 2.33. The molecule has 2 aromatic rings. The zero-order valence-electron chi connectivity index (χ0n) is 16.0. The van der Waals surface area contributed by atoms with Crippen molar-refractivity contribution in [2.24, 2.45) is 0 Å². The van der Waals surface area contributed by atoms with Crippen LogP contribution in [-0.4, -0.2) is 25.0 Å². The molecule has 0 unspecified atom stereocenters. The largest absolute Gasteiger partial charge is 0.352 e. The molecule has 4 rings (SSSR count). The van der Waals surface area contributed by atoms with Crippen LogP contribution < -0.4 is 16.6 Å². The zero-order chi connectivity index (χ0) is 22.0. The van der Waals surface area contributed by atoms with Gasteiger partial charge in [-0.15, -0.1) is 0 Å². The number of hydrogen-bond acceptors (Lipinski definition) is 5. The first-order valence-corrected chi connectivity index (χ1v) is 9.16. The molecule has 0 saturated heterocycles. The number of benzene rings is 1. The predicted molar refractivity (Wildman–Crippen MR) is 108 cm³/mol. The van der Waals surface area contributed by atoms with E-state index in [1.54, 1.807) is 30.6 Å². The van der Waals surface area contributed by atoms with E-state index >= 15 is 0 Å². The highest BCUT2D eigenvalue weighted by Crippen LogP contribution is 2.16. The third kappa shape index (κ3) is 4.22. The molecule has 156 valence electrons. The van der Waals surface area contributed by atoms with Gasteiger partial charge in [0.25, 0.3) is 5.56 Å². The van der Waals surface area contributed by atoms with Crippen molar-refractivity contribution in [3.63, 3.8) is 0 Å². The highest BCUT2D eigenvalue weighted by molar-refractivity contribution is 5.91. The Kier molecular flexibility index (Phi) is 5.35. The van der Waals surface area contributed by atoms with Gasteiger partial charge in [0, 0.05) is 24.7 Å². The number of fused-ring (bicyclic) bond motifs is 1. The minimum absolute atomic E-state index is 0.0261. The van der Waals surface area contributed by atoms with Crippen molar-refractivity contribution in [1.29, 1.82) is 0 Å². The lowest BCUT2D eigenvalue weighted by Gasteiger charge is -2.15. The van der Waals surface area contributed by atoms with Gasteiger partial charge in [-0.1, -0.05) is 0 Å². The van der Waals surface area contributed by atoms with Gasteiger partial charge in [0.1, 0.15) is 18.2 Å². The maximum atomic E-state index is 13.8. The SMILES string of the molecule is O=C(Cn1cccc2c(=O)n(Cc3ccncc3)c(=O)nc1-2)Nc1ccc(F)cc1F. The van der Waals surface area contributed by atoms with Gasteiger partial charge in [-0.3, -0.25) is 19.1 Å². The van der Waals surface area contributed by atoms with E-state index in [2.05, 4.69) is 15.3 Å². The van der Waals surface area contributed by atoms with Crippen LogP contribution in [0.3, 0.4) is 0 Å². The molecule has 10 heteroatoms. The number of hydrogen-bond donors (Lipinski definition) is 1. The number of amides is 1. The van der Waals surface area contributed by atoms with E-state index in [0.717, 1.165) is 16.7 Å². The average Bonchev–Trinajstić information content (AvgIpc) is 2.74. The van der Waals surface area contributed by atoms with E-state index in [9.17, 15) is 23.2 Å². The molecule has 0 radical (unpaired) electrons. The quantitative estimate of drug-likeness (QED) is 0.528. The topological polar surface area (TPSA) is 98.9 Å². The van der Waals surface area contributed by atoms with E-state index in [1.165, 1.54) is 16.8 Å². The number of anilines is 1. The summed E-state index contributed by atoms with van der Waals surface area (Å²) in [4.78, 5) is 45.6. The number of aromatic nitrogens is 4. The van der Waals surface area contributed by atoms with Crippen molar-refractivity contribution in [3.8, 4) is 11.4 Å². The molecule has 0 saturated carbocycles. The second-order valence-electron chi connectivity index (χ2n) is 6.69. The molecule has 0 aliphatic carbocycles. The summed E-state index contributed by atoms with van der Waals surface area (Å²) in [5.41, 5.74) is -0.647. The van der Waals surface area contributed by atoms with Crippen LogP contribution in [0.5, 0.6) is 0 Å². The molecule has 1 amide bonds. The van der Waals surface area contributed by atoms with Gasteiger partial charge >= 0.3 is 5.69 Å². The molecule has 0 bridgehead atoms. The lowest BCUT2D eigenvalue weighted by molar-refractivity contribution is -0.116. The normalized spacial score (nSPS) is 10.9.